The Kier molecular flexibility index (Phi) is 8.41. The third-order valence-electron chi connectivity index (χ3n) is 7.34. The molecule has 2 aliphatic heterocycles. The number of aromatic amines is 1. The average molecular weight is 480 g/mol. The van der Waals surface area contributed by atoms with E-state index in [9.17, 15) is 4.79 Å². The van der Waals surface area contributed by atoms with Crippen molar-refractivity contribution in [2.75, 3.05) is 38.2 Å². The lowest BCUT2D eigenvalue weighted by Gasteiger charge is -2.37. The highest BCUT2D eigenvalue weighted by Gasteiger charge is 2.30. The number of carbonyl (C=O) groups is 1. The Hall–Kier alpha value is -2.39. The number of rotatable bonds is 5. The van der Waals surface area contributed by atoms with Crippen molar-refractivity contribution < 1.29 is 12.4 Å². The predicted octanol–water partition coefficient (Wildman–Crippen LogP) is 4.29. The first-order valence-electron chi connectivity index (χ1n) is 12.6. The molecule has 34 heavy (non-hydrogen) atoms. The highest BCUT2D eigenvalue weighted by atomic mass is 16.6. The summed E-state index contributed by atoms with van der Waals surface area (Å²) < 4.78 is 5.35. The van der Waals surface area contributed by atoms with Crippen LogP contribution in [0.5, 0.6) is 0 Å². The molecule has 1 amide bonds. The Bertz CT molecular complexity index is 855. The number of hydrazine groups is 1. The lowest BCUT2D eigenvalue weighted by atomic mass is 9.79. The lowest BCUT2D eigenvalue weighted by molar-refractivity contribution is 0.0507. The molecule has 0 atom stereocenters. The average Bonchev–Trinajstić information content (AvgIpc) is 3.36. The number of anilines is 1. The van der Waals surface area contributed by atoms with Crippen LogP contribution >= 0.6 is 0 Å². The topological polar surface area (TPSA) is 134 Å². The highest BCUT2D eigenvalue weighted by Crippen LogP contribution is 2.38. The van der Waals surface area contributed by atoms with Crippen LogP contribution in [-0.2, 0) is 4.74 Å². The molecule has 1 aromatic rings. The lowest BCUT2D eigenvalue weighted by Crippen LogP contribution is -2.42. The minimum absolute atomic E-state index is 0. The van der Waals surface area contributed by atoms with Crippen molar-refractivity contribution in [3.63, 3.8) is 0 Å². The summed E-state index contributed by atoms with van der Waals surface area (Å²) in [7, 11) is 2.02. The molecule has 2 fully saturated rings. The highest BCUT2D eigenvalue weighted by molar-refractivity contribution is 5.81. The zero-order valence-corrected chi connectivity index (χ0v) is 21.5. The molecular weight excluding hydrogens is 430 g/mol. The molecule has 0 spiro atoms. The second-order valence-corrected chi connectivity index (χ2v) is 11.1. The zero-order chi connectivity index (χ0) is 23.6. The van der Waals surface area contributed by atoms with Crippen LogP contribution in [0.3, 0.4) is 0 Å². The smallest absolute Gasteiger partial charge is 0.407 e. The van der Waals surface area contributed by atoms with Crippen LogP contribution < -0.4 is 27.6 Å². The summed E-state index contributed by atoms with van der Waals surface area (Å²) in [6.07, 6.45) is 8.78. The maximum absolute atomic E-state index is 11.9. The van der Waals surface area contributed by atoms with Gasteiger partial charge in [0, 0.05) is 46.4 Å². The first-order valence-corrected chi connectivity index (χ1v) is 12.6. The molecule has 9 nitrogen and oxygen atoms in total. The van der Waals surface area contributed by atoms with E-state index in [1.54, 1.807) is 0 Å². The van der Waals surface area contributed by atoms with Crippen LogP contribution in [0.15, 0.2) is 18.0 Å². The molecule has 1 aromatic heterocycles. The summed E-state index contributed by atoms with van der Waals surface area (Å²) >= 11 is 0. The molecule has 1 aliphatic carbocycles. The van der Waals surface area contributed by atoms with Gasteiger partial charge in [-0.3, -0.25) is 10.4 Å². The molecule has 4 rings (SSSR count). The summed E-state index contributed by atoms with van der Waals surface area (Å²) in [5.74, 6) is 2.86. The number of allylic oxidation sites excluding steroid dienone is 1. The fourth-order valence-corrected chi connectivity index (χ4v) is 5.48. The molecule has 9 heteroatoms. The summed E-state index contributed by atoms with van der Waals surface area (Å²) in [5.41, 5.74) is 12.9. The molecule has 1 saturated heterocycles. The number of nitrogens with two attached hydrogens (primary N) is 1. The van der Waals surface area contributed by atoms with Gasteiger partial charge in [0.25, 0.3) is 0 Å². The Morgan fingerprint density at radius 2 is 1.85 bits per heavy atom. The van der Waals surface area contributed by atoms with Gasteiger partial charge >= 0.3 is 6.09 Å². The van der Waals surface area contributed by atoms with Gasteiger partial charge in [0.2, 0.25) is 0 Å². The Morgan fingerprint density at radius 1 is 1.18 bits per heavy atom. The molecule has 1 saturated carbocycles. The van der Waals surface area contributed by atoms with Gasteiger partial charge in [-0.05, 0) is 90.3 Å². The van der Waals surface area contributed by atoms with E-state index < -0.39 is 5.60 Å². The van der Waals surface area contributed by atoms with Gasteiger partial charge in [0.05, 0.1) is 5.70 Å². The van der Waals surface area contributed by atoms with Crippen LogP contribution in [0.4, 0.5) is 10.6 Å². The minimum atomic E-state index is -0.442. The van der Waals surface area contributed by atoms with E-state index in [2.05, 4.69) is 26.7 Å². The summed E-state index contributed by atoms with van der Waals surface area (Å²) in [4.78, 5) is 17.8. The van der Waals surface area contributed by atoms with Crippen molar-refractivity contribution in [2.45, 2.75) is 64.9 Å². The van der Waals surface area contributed by atoms with E-state index >= 15 is 0 Å². The number of H-pyrrole nitrogens is 1. The van der Waals surface area contributed by atoms with Crippen LogP contribution in [0.2, 0.25) is 0 Å². The van der Waals surface area contributed by atoms with Gasteiger partial charge in [-0.2, -0.15) is 0 Å². The summed E-state index contributed by atoms with van der Waals surface area (Å²) in [5, 5.41) is 4.95. The van der Waals surface area contributed by atoms with Crippen LogP contribution in [0, 0.1) is 17.8 Å². The number of carbonyl (C=O) groups excluding carboxylic acids is 1. The van der Waals surface area contributed by atoms with Gasteiger partial charge in [0.15, 0.2) is 0 Å². The predicted molar refractivity (Wildman–Crippen MR) is 142 cm³/mol. The summed E-state index contributed by atoms with van der Waals surface area (Å²) in [6.45, 7) is 9.84. The Morgan fingerprint density at radius 3 is 2.50 bits per heavy atom. The number of fused-ring (bicyclic) bond motifs is 1. The van der Waals surface area contributed by atoms with E-state index in [1.807, 2.05) is 39.0 Å². The van der Waals surface area contributed by atoms with Crippen LogP contribution in [0.1, 0.15) is 67.7 Å². The minimum Gasteiger partial charge on any atom is -0.444 e. The van der Waals surface area contributed by atoms with E-state index in [-0.39, 0.29) is 15.1 Å². The third-order valence-corrected chi connectivity index (χ3v) is 7.34. The van der Waals surface area contributed by atoms with Gasteiger partial charge in [-0.25, -0.2) is 4.79 Å². The monoisotopic (exact) mass is 479 g/mol. The number of alkyl carbamates (subject to hydrolysis) is 1. The van der Waals surface area contributed by atoms with E-state index in [0.717, 1.165) is 49.1 Å². The number of piperidine rings is 1. The maximum Gasteiger partial charge on any atom is 0.407 e. The molecule has 0 bridgehead atoms. The van der Waals surface area contributed by atoms with E-state index in [0.29, 0.717) is 18.4 Å². The number of hydrogen-bond donors (Lipinski definition) is 5. The van der Waals surface area contributed by atoms with Crippen LogP contribution in [0.25, 0.3) is 5.70 Å². The fraction of sp³-hybridized carbons (Fsp3) is 0.720. The van der Waals surface area contributed by atoms with Gasteiger partial charge < -0.3 is 31.8 Å². The van der Waals surface area contributed by atoms with Gasteiger partial charge in [0.1, 0.15) is 11.4 Å². The van der Waals surface area contributed by atoms with E-state index in [4.69, 9.17) is 10.5 Å². The van der Waals surface area contributed by atoms with Crippen molar-refractivity contribution in [1.29, 1.82) is 0 Å². The fourth-order valence-electron chi connectivity index (χ4n) is 5.48. The number of amides is 1. The number of aromatic nitrogens is 1. The Balaban J connectivity index is 0.00000216. The van der Waals surface area contributed by atoms with Gasteiger partial charge in [-0.15, -0.1) is 0 Å². The molecule has 0 aromatic carbocycles. The first-order chi connectivity index (χ1) is 15.7. The standard InChI is InChI=1S/C25H42N6O2.H3N.2H2/c1-25(2,3)33-24(32)28-15-17-10-13-31(14-11-17)16-18-5-7-19(8-6-18)21(26)22-20-9-12-27-23(20)30(4)29-22;;;/h9,12,17-19,27,29H,5-8,10-11,13-16,26H2,1-4H3,(H,28,32);1H3;2*1H/b22-21-;;;. The largest absolute Gasteiger partial charge is 0.444 e. The summed E-state index contributed by atoms with van der Waals surface area (Å²) in [6, 6.07) is 2.10. The number of likely N-dealkylation sites (tertiary alicyclic amines) is 1. The van der Waals surface area contributed by atoms with Crippen LogP contribution in [-0.4, -0.2) is 54.8 Å². The normalized spacial score (nSPS) is 25.2. The maximum atomic E-state index is 11.9. The second kappa shape index (κ2) is 10.9. The number of hydrogen-bond acceptors (Lipinski definition) is 7. The molecule has 3 aliphatic rings. The van der Waals surface area contributed by atoms with E-state index in [1.165, 1.54) is 37.8 Å². The molecule has 196 valence electrons. The van der Waals surface area contributed by atoms with Crippen molar-refractivity contribution in [1.82, 2.24) is 26.8 Å². The SMILES string of the molecule is CN1N/C(=C(\N)C2CCC(CN3CCC(CNC(=O)OC(C)(C)C)CC3)CC2)c2cc[nH]c21.N.[HH].[HH]. The van der Waals surface area contributed by atoms with Crippen molar-refractivity contribution in [2.24, 2.45) is 23.5 Å². The first kappa shape index (κ1) is 26.2. The molecule has 3 heterocycles. The zero-order valence-electron chi connectivity index (χ0n) is 21.5. The molecule has 8 N–H and O–H groups in total. The molecule has 0 radical (unpaired) electrons. The van der Waals surface area contributed by atoms with Gasteiger partial charge in [-0.1, -0.05) is 0 Å². The molecular formula is C25H49N7O2. The number of ether oxygens (including phenoxy) is 1. The number of nitrogens with zero attached hydrogens (tertiary/aromatic N) is 2. The molecule has 0 unspecified atom stereocenters. The van der Waals surface area contributed by atoms with Crippen molar-refractivity contribution in [3.05, 3.63) is 23.5 Å². The van der Waals surface area contributed by atoms with Crippen molar-refractivity contribution in [3.8, 4) is 0 Å². The quantitative estimate of drug-likeness (QED) is 0.425. The number of nitrogens with one attached hydrogen (secondary N) is 3. The second-order valence-electron chi connectivity index (χ2n) is 11.1. The Labute approximate surface area is 207 Å². The third kappa shape index (κ3) is 6.39. The van der Waals surface area contributed by atoms with Crippen molar-refractivity contribution >= 4 is 17.6 Å².